The number of carbonyl (C=O) groups excluding carboxylic acids is 1. The molecular weight excluding hydrogens is 372 g/mol. The second-order valence-electron chi connectivity index (χ2n) is 5.63. The molecule has 2 aromatic rings. The number of nitrogens with one attached hydrogen (secondary N) is 1. The minimum atomic E-state index is -0.316. The first kappa shape index (κ1) is 18.3. The lowest BCUT2D eigenvalue weighted by Gasteiger charge is -2.25. The molecule has 6 heteroatoms. The Bertz CT molecular complexity index is 719. The van der Waals surface area contributed by atoms with Crippen LogP contribution >= 0.6 is 15.9 Å². The van der Waals surface area contributed by atoms with Gasteiger partial charge in [-0.25, -0.2) is 0 Å². The third-order valence-electron chi connectivity index (χ3n) is 3.76. The highest BCUT2D eigenvalue weighted by atomic mass is 79.9. The smallest absolute Gasteiger partial charge is 0.255 e. The average Bonchev–Trinajstić information content (AvgIpc) is 2.57. The Labute approximate surface area is 150 Å². The topological polar surface area (TPSA) is 61.8 Å². The average molecular weight is 393 g/mol. The van der Waals surface area contributed by atoms with E-state index in [-0.39, 0.29) is 23.3 Å². The lowest BCUT2D eigenvalue weighted by atomic mass is 10.1. The number of ether oxygens (including phenoxy) is 1. The Morgan fingerprint density at radius 1 is 1.29 bits per heavy atom. The van der Waals surface area contributed by atoms with Crippen molar-refractivity contribution >= 4 is 21.8 Å². The number of amides is 1. The number of likely N-dealkylation sites (N-methyl/N-ethyl adjacent to an activating group) is 1. The van der Waals surface area contributed by atoms with Gasteiger partial charge < -0.3 is 20.1 Å². The first-order chi connectivity index (χ1) is 11.4. The molecule has 0 bridgehead atoms. The van der Waals surface area contributed by atoms with E-state index in [0.717, 1.165) is 15.8 Å². The number of nitrogens with zero attached hydrogens (tertiary/aromatic N) is 1. The van der Waals surface area contributed by atoms with Crippen molar-refractivity contribution in [1.29, 1.82) is 0 Å². The number of benzene rings is 2. The number of aromatic hydroxyl groups is 1. The van der Waals surface area contributed by atoms with Gasteiger partial charge in [0.05, 0.1) is 18.7 Å². The summed E-state index contributed by atoms with van der Waals surface area (Å²) in [5.41, 5.74) is 1.28. The standard InChI is InChI=1S/C18H21BrN2O3/c1-21(2)16(12-5-4-6-14(9-12)24-3)11-20-18(23)15-10-13(19)7-8-17(15)22/h4-10,16,22H,11H2,1-3H3,(H,20,23). The molecule has 0 aromatic heterocycles. The number of halogens is 1. The van der Waals surface area contributed by atoms with Crippen LogP contribution in [-0.4, -0.2) is 43.7 Å². The lowest BCUT2D eigenvalue weighted by molar-refractivity contribution is 0.0939. The predicted octanol–water partition coefficient (Wildman–Crippen LogP) is 3.20. The fourth-order valence-corrected chi connectivity index (χ4v) is 2.78. The van der Waals surface area contributed by atoms with Gasteiger partial charge >= 0.3 is 0 Å². The molecule has 0 aliphatic rings. The van der Waals surface area contributed by atoms with Gasteiger partial charge in [0.2, 0.25) is 0 Å². The second kappa shape index (κ2) is 8.17. The van der Waals surface area contributed by atoms with E-state index in [1.54, 1.807) is 19.2 Å². The third-order valence-corrected chi connectivity index (χ3v) is 4.25. The van der Waals surface area contributed by atoms with Gasteiger partial charge in [-0.1, -0.05) is 28.1 Å². The number of hydrogen-bond acceptors (Lipinski definition) is 4. The van der Waals surface area contributed by atoms with Crippen LogP contribution in [0.25, 0.3) is 0 Å². The number of hydrogen-bond donors (Lipinski definition) is 2. The highest BCUT2D eigenvalue weighted by molar-refractivity contribution is 9.10. The molecule has 2 N–H and O–H groups in total. The molecule has 5 nitrogen and oxygen atoms in total. The Kier molecular flexibility index (Phi) is 6.23. The van der Waals surface area contributed by atoms with Gasteiger partial charge in [0.15, 0.2) is 0 Å². The minimum absolute atomic E-state index is 0.0154. The molecular formula is C18H21BrN2O3. The highest BCUT2D eigenvalue weighted by Gasteiger charge is 2.18. The van der Waals surface area contributed by atoms with Crippen molar-refractivity contribution in [3.8, 4) is 11.5 Å². The van der Waals surface area contributed by atoms with Crippen LogP contribution in [0.4, 0.5) is 0 Å². The van der Waals surface area contributed by atoms with Crippen molar-refractivity contribution in [2.24, 2.45) is 0 Å². The van der Waals surface area contributed by atoms with Crippen LogP contribution in [0.3, 0.4) is 0 Å². The van der Waals surface area contributed by atoms with Crippen LogP contribution in [0.1, 0.15) is 22.0 Å². The summed E-state index contributed by atoms with van der Waals surface area (Å²) < 4.78 is 6.00. The maximum Gasteiger partial charge on any atom is 0.255 e. The third kappa shape index (κ3) is 4.49. The molecule has 2 rings (SSSR count). The van der Waals surface area contributed by atoms with Gasteiger partial charge in [-0.05, 0) is 50.0 Å². The minimum Gasteiger partial charge on any atom is -0.507 e. The van der Waals surface area contributed by atoms with E-state index in [1.807, 2.05) is 43.3 Å². The second-order valence-corrected chi connectivity index (χ2v) is 6.54. The largest absolute Gasteiger partial charge is 0.507 e. The van der Waals surface area contributed by atoms with E-state index in [0.29, 0.717) is 6.54 Å². The van der Waals surface area contributed by atoms with Crippen molar-refractivity contribution in [2.45, 2.75) is 6.04 Å². The summed E-state index contributed by atoms with van der Waals surface area (Å²) >= 11 is 3.31. The quantitative estimate of drug-likeness (QED) is 0.792. The Hall–Kier alpha value is -2.05. The van der Waals surface area contributed by atoms with Crippen LogP contribution in [0.2, 0.25) is 0 Å². The Morgan fingerprint density at radius 3 is 2.71 bits per heavy atom. The number of methoxy groups -OCH3 is 1. The molecule has 0 fully saturated rings. The SMILES string of the molecule is COc1cccc(C(CNC(=O)c2cc(Br)ccc2O)N(C)C)c1. The molecule has 0 saturated heterocycles. The maximum absolute atomic E-state index is 12.4. The summed E-state index contributed by atoms with van der Waals surface area (Å²) in [5, 5.41) is 12.7. The van der Waals surface area contributed by atoms with Gasteiger partial charge in [0.1, 0.15) is 11.5 Å². The molecule has 0 spiro atoms. The first-order valence-corrected chi connectivity index (χ1v) is 8.28. The summed E-state index contributed by atoms with van der Waals surface area (Å²) in [6.07, 6.45) is 0. The zero-order chi connectivity index (χ0) is 17.7. The summed E-state index contributed by atoms with van der Waals surface area (Å²) in [6, 6.07) is 12.5. The van der Waals surface area contributed by atoms with Gasteiger partial charge in [-0.15, -0.1) is 0 Å². The lowest BCUT2D eigenvalue weighted by Crippen LogP contribution is -2.34. The molecule has 0 heterocycles. The summed E-state index contributed by atoms with van der Waals surface area (Å²) in [7, 11) is 5.53. The van der Waals surface area contributed by atoms with Crippen LogP contribution in [0, 0.1) is 0 Å². The predicted molar refractivity (Wildman–Crippen MR) is 97.6 cm³/mol. The summed E-state index contributed by atoms with van der Waals surface area (Å²) in [6.45, 7) is 0.408. The van der Waals surface area contributed by atoms with E-state index in [2.05, 4.69) is 21.2 Å². The zero-order valence-electron chi connectivity index (χ0n) is 13.9. The Balaban J connectivity index is 2.14. The molecule has 1 amide bonds. The molecule has 1 unspecified atom stereocenters. The van der Waals surface area contributed by atoms with Gasteiger partial charge in [-0.2, -0.15) is 0 Å². The highest BCUT2D eigenvalue weighted by Crippen LogP contribution is 2.24. The molecule has 24 heavy (non-hydrogen) atoms. The van der Waals surface area contributed by atoms with Crippen LogP contribution in [0.15, 0.2) is 46.9 Å². The normalized spacial score (nSPS) is 12.0. The number of carbonyl (C=O) groups is 1. The van der Waals surface area contributed by atoms with Crippen molar-refractivity contribution < 1.29 is 14.6 Å². The molecule has 0 saturated carbocycles. The van der Waals surface area contributed by atoms with Crippen molar-refractivity contribution in [1.82, 2.24) is 10.2 Å². The van der Waals surface area contributed by atoms with Crippen molar-refractivity contribution in [2.75, 3.05) is 27.7 Å². The van der Waals surface area contributed by atoms with Crippen LogP contribution in [-0.2, 0) is 0 Å². The monoisotopic (exact) mass is 392 g/mol. The molecule has 0 aliphatic carbocycles. The molecule has 2 aromatic carbocycles. The Morgan fingerprint density at radius 2 is 2.04 bits per heavy atom. The van der Waals surface area contributed by atoms with E-state index in [9.17, 15) is 9.90 Å². The summed E-state index contributed by atoms with van der Waals surface area (Å²) in [5.74, 6) is 0.414. The van der Waals surface area contributed by atoms with Gasteiger partial charge in [0.25, 0.3) is 5.91 Å². The van der Waals surface area contributed by atoms with Crippen LogP contribution < -0.4 is 10.1 Å². The fraction of sp³-hybridized carbons (Fsp3) is 0.278. The van der Waals surface area contributed by atoms with E-state index < -0.39 is 0 Å². The molecule has 1 atom stereocenters. The van der Waals surface area contributed by atoms with Gasteiger partial charge in [0, 0.05) is 11.0 Å². The zero-order valence-corrected chi connectivity index (χ0v) is 15.5. The first-order valence-electron chi connectivity index (χ1n) is 7.49. The number of phenolic OH excluding ortho intramolecular Hbond substituents is 1. The number of rotatable bonds is 6. The maximum atomic E-state index is 12.4. The molecule has 0 aliphatic heterocycles. The summed E-state index contributed by atoms with van der Waals surface area (Å²) in [4.78, 5) is 14.4. The fourth-order valence-electron chi connectivity index (χ4n) is 2.42. The van der Waals surface area contributed by atoms with E-state index in [4.69, 9.17) is 4.74 Å². The van der Waals surface area contributed by atoms with Crippen LogP contribution in [0.5, 0.6) is 11.5 Å². The van der Waals surface area contributed by atoms with Gasteiger partial charge in [-0.3, -0.25) is 4.79 Å². The van der Waals surface area contributed by atoms with Crippen molar-refractivity contribution in [3.63, 3.8) is 0 Å². The van der Waals surface area contributed by atoms with E-state index in [1.165, 1.54) is 6.07 Å². The number of phenols is 1. The molecule has 128 valence electrons. The van der Waals surface area contributed by atoms with E-state index >= 15 is 0 Å². The van der Waals surface area contributed by atoms with Crippen molar-refractivity contribution in [3.05, 3.63) is 58.1 Å². The molecule has 0 radical (unpaired) electrons.